The van der Waals surface area contributed by atoms with Gasteiger partial charge < -0.3 is 10.1 Å². The minimum absolute atomic E-state index is 0.264. The van der Waals surface area contributed by atoms with Crippen molar-refractivity contribution in [2.45, 2.75) is 58.4 Å². The highest BCUT2D eigenvalue weighted by Gasteiger charge is 2.11. The van der Waals surface area contributed by atoms with Crippen molar-refractivity contribution in [3.05, 3.63) is 11.6 Å². The zero-order valence-electron chi connectivity index (χ0n) is 14.0. The maximum atomic E-state index is 5.18. The van der Waals surface area contributed by atoms with Gasteiger partial charge in [-0.3, -0.25) is 4.90 Å². The van der Waals surface area contributed by atoms with Crippen molar-refractivity contribution in [2.24, 2.45) is 0 Å². The smallest absolute Gasteiger partial charge is 0.0673 e. The summed E-state index contributed by atoms with van der Waals surface area (Å²) in [5.74, 6) is 0. The molecule has 0 aromatic carbocycles. The zero-order valence-corrected chi connectivity index (χ0v) is 14.0. The third kappa shape index (κ3) is 8.72. The Bertz CT molecular complexity index is 281. The molecule has 0 unspecified atom stereocenters. The van der Waals surface area contributed by atoms with Gasteiger partial charge in [-0.2, -0.15) is 0 Å². The Kier molecular flexibility index (Phi) is 8.43. The van der Waals surface area contributed by atoms with E-state index in [1.54, 1.807) is 7.11 Å². The Morgan fingerprint density at radius 3 is 2.55 bits per heavy atom. The molecule has 0 fully saturated rings. The summed E-state index contributed by atoms with van der Waals surface area (Å²) >= 11 is 0. The molecular formula is C17H34N2O. The normalized spacial score (nSPS) is 17.3. The second-order valence-corrected chi connectivity index (χ2v) is 6.94. The van der Waals surface area contributed by atoms with Gasteiger partial charge in [0.1, 0.15) is 0 Å². The van der Waals surface area contributed by atoms with Crippen LogP contribution < -0.4 is 5.32 Å². The van der Waals surface area contributed by atoms with E-state index >= 15 is 0 Å². The Hall–Kier alpha value is -0.380. The van der Waals surface area contributed by atoms with Crippen LogP contribution in [0.5, 0.6) is 0 Å². The number of unbranched alkanes of at least 4 members (excludes halogenated alkanes) is 3. The summed E-state index contributed by atoms with van der Waals surface area (Å²) in [7, 11) is 1.78. The molecule has 0 saturated carbocycles. The topological polar surface area (TPSA) is 24.5 Å². The van der Waals surface area contributed by atoms with Gasteiger partial charge in [0.15, 0.2) is 0 Å². The molecule has 0 spiro atoms. The second kappa shape index (κ2) is 9.54. The quantitative estimate of drug-likeness (QED) is 0.519. The molecule has 0 amide bonds. The van der Waals surface area contributed by atoms with E-state index in [1.807, 2.05) is 0 Å². The number of hydrogen-bond donors (Lipinski definition) is 1. The SMILES string of the molecule is COCC1=CCN(CCCCCCNC(C)(C)C)CC1. The van der Waals surface area contributed by atoms with Crippen LogP contribution >= 0.6 is 0 Å². The number of nitrogens with one attached hydrogen (secondary N) is 1. The molecule has 0 bridgehead atoms. The van der Waals surface area contributed by atoms with E-state index in [0.29, 0.717) is 0 Å². The van der Waals surface area contributed by atoms with Crippen molar-refractivity contribution in [3.8, 4) is 0 Å². The maximum absolute atomic E-state index is 5.18. The number of nitrogens with zero attached hydrogens (tertiary/aromatic N) is 1. The molecule has 1 aliphatic heterocycles. The third-order valence-corrected chi connectivity index (χ3v) is 3.77. The van der Waals surface area contributed by atoms with Crippen LogP contribution in [0, 0.1) is 0 Å². The highest BCUT2D eigenvalue weighted by atomic mass is 16.5. The van der Waals surface area contributed by atoms with Gasteiger partial charge in [-0.25, -0.2) is 0 Å². The summed E-state index contributed by atoms with van der Waals surface area (Å²) in [6.45, 7) is 12.2. The van der Waals surface area contributed by atoms with Gasteiger partial charge in [0.05, 0.1) is 6.61 Å². The second-order valence-electron chi connectivity index (χ2n) is 6.94. The van der Waals surface area contributed by atoms with E-state index in [9.17, 15) is 0 Å². The lowest BCUT2D eigenvalue weighted by atomic mass is 10.1. The van der Waals surface area contributed by atoms with E-state index in [4.69, 9.17) is 4.74 Å². The molecule has 1 aliphatic rings. The molecule has 3 heteroatoms. The average Bonchev–Trinajstić information content (AvgIpc) is 2.38. The van der Waals surface area contributed by atoms with E-state index in [2.05, 4.69) is 37.1 Å². The van der Waals surface area contributed by atoms with Crippen molar-refractivity contribution in [3.63, 3.8) is 0 Å². The number of methoxy groups -OCH3 is 1. The summed E-state index contributed by atoms with van der Waals surface area (Å²) in [5, 5.41) is 3.55. The van der Waals surface area contributed by atoms with Crippen molar-refractivity contribution < 1.29 is 4.74 Å². The molecule has 0 atom stereocenters. The van der Waals surface area contributed by atoms with Gasteiger partial charge in [0.2, 0.25) is 0 Å². The molecule has 20 heavy (non-hydrogen) atoms. The highest BCUT2D eigenvalue weighted by Crippen LogP contribution is 2.12. The third-order valence-electron chi connectivity index (χ3n) is 3.77. The summed E-state index contributed by atoms with van der Waals surface area (Å²) in [6.07, 6.45) is 8.88. The van der Waals surface area contributed by atoms with E-state index in [1.165, 1.54) is 50.8 Å². The fourth-order valence-corrected chi connectivity index (χ4v) is 2.55. The molecule has 1 rings (SSSR count). The molecule has 1 N–H and O–H groups in total. The van der Waals surface area contributed by atoms with Crippen LogP contribution in [0.25, 0.3) is 0 Å². The average molecular weight is 282 g/mol. The highest BCUT2D eigenvalue weighted by molar-refractivity contribution is 5.07. The molecule has 0 aromatic heterocycles. The number of ether oxygens (including phenoxy) is 1. The predicted octanol–water partition coefficient (Wildman–Crippen LogP) is 3.21. The van der Waals surface area contributed by atoms with Crippen molar-refractivity contribution in [1.29, 1.82) is 0 Å². The summed E-state index contributed by atoms with van der Waals surface area (Å²) in [4.78, 5) is 2.56. The minimum atomic E-state index is 0.264. The number of hydrogen-bond acceptors (Lipinski definition) is 3. The van der Waals surface area contributed by atoms with E-state index in [-0.39, 0.29) is 5.54 Å². The molecule has 0 aromatic rings. The standard InChI is InChI=1S/C17H34N2O/c1-17(2,3)18-11-7-5-6-8-12-19-13-9-16(10-14-19)15-20-4/h9,18H,5-8,10-15H2,1-4H3. The van der Waals surface area contributed by atoms with E-state index in [0.717, 1.165) is 19.7 Å². The van der Waals surface area contributed by atoms with Crippen molar-refractivity contribution in [2.75, 3.05) is 39.9 Å². The molecule has 0 saturated heterocycles. The molecule has 118 valence electrons. The molecular weight excluding hydrogens is 248 g/mol. The van der Waals surface area contributed by atoms with Crippen LogP contribution in [-0.4, -0.2) is 50.3 Å². The van der Waals surface area contributed by atoms with Crippen molar-refractivity contribution >= 4 is 0 Å². The first-order valence-corrected chi connectivity index (χ1v) is 8.15. The first-order chi connectivity index (χ1) is 9.51. The van der Waals surface area contributed by atoms with Gasteiger partial charge >= 0.3 is 0 Å². The van der Waals surface area contributed by atoms with Gasteiger partial charge in [0.25, 0.3) is 0 Å². The van der Waals surface area contributed by atoms with Gasteiger partial charge in [-0.05, 0) is 58.7 Å². The van der Waals surface area contributed by atoms with Gasteiger partial charge in [0, 0.05) is 25.7 Å². The lowest BCUT2D eigenvalue weighted by Crippen LogP contribution is -2.36. The molecule has 0 aliphatic carbocycles. The van der Waals surface area contributed by atoms with Crippen LogP contribution in [0.4, 0.5) is 0 Å². The monoisotopic (exact) mass is 282 g/mol. The molecule has 3 nitrogen and oxygen atoms in total. The Morgan fingerprint density at radius 1 is 1.20 bits per heavy atom. The summed E-state index contributed by atoms with van der Waals surface area (Å²) < 4.78 is 5.18. The van der Waals surface area contributed by atoms with Crippen LogP contribution in [0.1, 0.15) is 52.9 Å². The molecule has 1 heterocycles. The lowest BCUT2D eigenvalue weighted by molar-refractivity contribution is 0.211. The van der Waals surface area contributed by atoms with Gasteiger partial charge in [-0.1, -0.05) is 18.9 Å². The maximum Gasteiger partial charge on any atom is 0.0673 e. The van der Waals surface area contributed by atoms with E-state index < -0.39 is 0 Å². The first-order valence-electron chi connectivity index (χ1n) is 8.15. The Morgan fingerprint density at radius 2 is 1.95 bits per heavy atom. The lowest BCUT2D eigenvalue weighted by Gasteiger charge is -2.26. The zero-order chi connectivity index (χ0) is 14.8. The Balaban J connectivity index is 1.95. The first kappa shape index (κ1) is 17.7. The largest absolute Gasteiger partial charge is 0.380 e. The summed E-state index contributed by atoms with van der Waals surface area (Å²) in [5.41, 5.74) is 1.73. The predicted molar refractivity (Wildman–Crippen MR) is 87.2 cm³/mol. The van der Waals surface area contributed by atoms with Crippen LogP contribution in [0.15, 0.2) is 11.6 Å². The summed E-state index contributed by atoms with van der Waals surface area (Å²) in [6, 6.07) is 0. The van der Waals surface area contributed by atoms with Crippen LogP contribution in [0.2, 0.25) is 0 Å². The van der Waals surface area contributed by atoms with Crippen LogP contribution in [0.3, 0.4) is 0 Å². The minimum Gasteiger partial charge on any atom is -0.380 e. The fourth-order valence-electron chi connectivity index (χ4n) is 2.55. The van der Waals surface area contributed by atoms with Crippen LogP contribution in [-0.2, 0) is 4.74 Å². The molecule has 0 radical (unpaired) electrons. The number of rotatable bonds is 9. The van der Waals surface area contributed by atoms with Crippen molar-refractivity contribution in [1.82, 2.24) is 10.2 Å². The Labute approximate surface area is 125 Å². The fraction of sp³-hybridized carbons (Fsp3) is 0.882. The van der Waals surface area contributed by atoms with Gasteiger partial charge in [-0.15, -0.1) is 0 Å².